The van der Waals surface area contributed by atoms with Gasteiger partial charge in [0.15, 0.2) is 6.61 Å². The van der Waals surface area contributed by atoms with Gasteiger partial charge in [-0.15, -0.1) is 0 Å². The van der Waals surface area contributed by atoms with Gasteiger partial charge in [0.2, 0.25) is 15.9 Å². The van der Waals surface area contributed by atoms with Crippen molar-refractivity contribution in [1.29, 1.82) is 0 Å². The number of nitrogens with two attached hydrogens (primary N) is 1. The standard InChI is InChI=1S/C20H21N3O6S/c1-14-2-4-15(5-3-14)10-11-30(27,28)22-12-19(25)29-13-18(24)23-17-8-6-16(7-9-17)20(21)26/h2-11,22H,12-13H2,1H3,(H2,21,26)(H,23,24)/b11-10+. The molecule has 0 saturated heterocycles. The number of aryl methyl sites for hydroxylation is 1. The molecule has 30 heavy (non-hydrogen) atoms. The minimum absolute atomic E-state index is 0.281. The van der Waals surface area contributed by atoms with Crippen molar-refractivity contribution in [3.05, 3.63) is 70.6 Å². The monoisotopic (exact) mass is 431 g/mol. The number of hydrogen-bond donors (Lipinski definition) is 3. The Kier molecular flexibility index (Phi) is 7.84. The third-order valence-corrected chi connectivity index (χ3v) is 4.79. The molecule has 158 valence electrons. The molecular formula is C20H21N3O6S. The summed E-state index contributed by atoms with van der Waals surface area (Å²) in [5, 5.41) is 3.40. The molecule has 0 atom stereocenters. The highest BCUT2D eigenvalue weighted by Gasteiger charge is 2.12. The maximum Gasteiger partial charge on any atom is 0.321 e. The van der Waals surface area contributed by atoms with Gasteiger partial charge in [-0.05, 0) is 42.8 Å². The zero-order valence-electron chi connectivity index (χ0n) is 16.1. The van der Waals surface area contributed by atoms with Crippen LogP contribution in [-0.4, -0.2) is 39.4 Å². The molecule has 0 fully saturated rings. The van der Waals surface area contributed by atoms with E-state index in [1.54, 1.807) is 12.1 Å². The van der Waals surface area contributed by atoms with Gasteiger partial charge in [-0.25, -0.2) is 13.1 Å². The van der Waals surface area contributed by atoms with E-state index in [1.165, 1.54) is 30.3 Å². The number of ether oxygens (including phenoxy) is 1. The average molecular weight is 431 g/mol. The number of sulfonamides is 1. The van der Waals surface area contributed by atoms with Crippen LogP contribution in [0, 0.1) is 6.92 Å². The van der Waals surface area contributed by atoms with Gasteiger partial charge in [0.05, 0.1) is 0 Å². The molecule has 2 aromatic carbocycles. The number of esters is 1. The van der Waals surface area contributed by atoms with E-state index >= 15 is 0 Å². The Hall–Kier alpha value is -3.50. The molecule has 4 N–H and O–H groups in total. The van der Waals surface area contributed by atoms with Crippen LogP contribution >= 0.6 is 0 Å². The lowest BCUT2D eigenvalue weighted by atomic mass is 10.2. The van der Waals surface area contributed by atoms with Gasteiger partial charge in [0, 0.05) is 16.7 Å². The van der Waals surface area contributed by atoms with Crippen LogP contribution in [0.4, 0.5) is 5.69 Å². The van der Waals surface area contributed by atoms with Crippen molar-refractivity contribution >= 4 is 39.6 Å². The normalized spacial score (nSPS) is 11.2. The van der Waals surface area contributed by atoms with Gasteiger partial charge in [0.1, 0.15) is 6.54 Å². The van der Waals surface area contributed by atoms with Crippen molar-refractivity contribution in [2.45, 2.75) is 6.92 Å². The molecule has 0 aliphatic carbocycles. The fourth-order valence-corrected chi connectivity index (χ4v) is 2.92. The summed E-state index contributed by atoms with van der Waals surface area (Å²) in [6.45, 7) is 0.690. The van der Waals surface area contributed by atoms with E-state index in [9.17, 15) is 22.8 Å². The Morgan fingerprint density at radius 2 is 1.67 bits per heavy atom. The van der Waals surface area contributed by atoms with Gasteiger partial charge in [-0.2, -0.15) is 0 Å². The number of hydrogen-bond acceptors (Lipinski definition) is 6. The second kappa shape index (κ2) is 10.3. The molecule has 0 unspecified atom stereocenters. The first-order valence-corrected chi connectivity index (χ1v) is 10.3. The first kappa shape index (κ1) is 22.8. The summed E-state index contributed by atoms with van der Waals surface area (Å²) in [5.41, 5.74) is 7.51. The topological polar surface area (TPSA) is 145 Å². The second-order valence-electron chi connectivity index (χ2n) is 6.23. The highest BCUT2D eigenvalue weighted by atomic mass is 32.2. The van der Waals surface area contributed by atoms with Crippen LogP contribution in [-0.2, 0) is 24.3 Å². The van der Waals surface area contributed by atoms with E-state index in [4.69, 9.17) is 10.5 Å². The lowest BCUT2D eigenvalue weighted by molar-refractivity contribution is -0.146. The largest absolute Gasteiger partial charge is 0.455 e. The highest BCUT2D eigenvalue weighted by Crippen LogP contribution is 2.09. The fraction of sp³-hybridized carbons (Fsp3) is 0.150. The molecule has 0 heterocycles. The van der Waals surface area contributed by atoms with Gasteiger partial charge in [-0.3, -0.25) is 14.4 Å². The Labute approximate surface area is 174 Å². The molecular weight excluding hydrogens is 410 g/mol. The SMILES string of the molecule is Cc1ccc(/C=C/S(=O)(=O)NCC(=O)OCC(=O)Nc2ccc(C(N)=O)cc2)cc1. The molecule has 2 amide bonds. The third-order valence-electron chi connectivity index (χ3n) is 3.75. The van der Waals surface area contributed by atoms with Gasteiger partial charge < -0.3 is 15.8 Å². The predicted octanol–water partition coefficient (Wildman–Crippen LogP) is 1.17. The zero-order valence-corrected chi connectivity index (χ0v) is 16.9. The minimum atomic E-state index is -3.85. The Bertz CT molecular complexity index is 1040. The van der Waals surface area contributed by atoms with Gasteiger partial charge in [0.25, 0.3) is 5.91 Å². The van der Waals surface area contributed by atoms with E-state index in [2.05, 4.69) is 10.0 Å². The van der Waals surface area contributed by atoms with E-state index < -0.39 is 41.0 Å². The molecule has 0 saturated carbocycles. The Morgan fingerprint density at radius 3 is 2.27 bits per heavy atom. The van der Waals surface area contributed by atoms with E-state index in [0.717, 1.165) is 11.0 Å². The number of primary amides is 1. The number of rotatable bonds is 9. The molecule has 2 aromatic rings. The van der Waals surface area contributed by atoms with Crippen LogP contribution in [0.2, 0.25) is 0 Å². The summed E-state index contributed by atoms with van der Waals surface area (Å²) in [6.07, 6.45) is 1.39. The maximum atomic E-state index is 11.9. The van der Waals surface area contributed by atoms with Crippen molar-refractivity contribution in [2.75, 3.05) is 18.5 Å². The van der Waals surface area contributed by atoms with E-state index in [-0.39, 0.29) is 5.56 Å². The summed E-state index contributed by atoms with van der Waals surface area (Å²) in [7, 11) is -3.85. The molecule has 10 heteroatoms. The van der Waals surface area contributed by atoms with Gasteiger partial charge in [-0.1, -0.05) is 29.8 Å². The average Bonchev–Trinajstić information content (AvgIpc) is 2.71. The zero-order chi connectivity index (χ0) is 22.1. The van der Waals surface area contributed by atoms with Crippen molar-refractivity contribution in [3.8, 4) is 0 Å². The Morgan fingerprint density at radius 1 is 1.03 bits per heavy atom. The molecule has 0 aliphatic rings. The van der Waals surface area contributed by atoms with Crippen LogP contribution < -0.4 is 15.8 Å². The smallest absolute Gasteiger partial charge is 0.321 e. The van der Waals surface area contributed by atoms with E-state index in [1.807, 2.05) is 19.1 Å². The lowest BCUT2D eigenvalue weighted by Crippen LogP contribution is -2.31. The van der Waals surface area contributed by atoms with E-state index in [0.29, 0.717) is 11.3 Å². The highest BCUT2D eigenvalue weighted by molar-refractivity contribution is 7.92. The Balaban J connectivity index is 1.76. The maximum absolute atomic E-state index is 11.9. The number of nitrogens with one attached hydrogen (secondary N) is 2. The van der Waals surface area contributed by atoms with Gasteiger partial charge >= 0.3 is 5.97 Å². The van der Waals surface area contributed by atoms with Crippen molar-refractivity contribution in [2.24, 2.45) is 5.73 Å². The van der Waals surface area contributed by atoms with Crippen molar-refractivity contribution in [3.63, 3.8) is 0 Å². The summed E-state index contributed by atoms with van der Waals surface area (Å²) in [6, 6.07) is 13.0. The lowest BCUT2D eigenvalue weighted by Gasteiger charge is -2.07. The minimum Gasteiger partial charge on any atom is -0.455 e. The number of anilines is 1. The summed E-state index contributed by atoms with van der Waals surface area (Å²) < 4.78 is 30.6. The number of amides is 2. The summed E-state index contributed by atoms with van der Waals surface area (Å²) >= 11 is 0. The van der Waals surface area contributed by atoms with Crippen LogP contribution in [0.3, 0.4) is 0 Å². The van der Waals surface area contributed by atoms with Crippen LogP contribution in [0.5, 0.6) is 0 Å². The van der Waals surface area contributed by atoms with Crippen LogP contribution in [0.15, 0.2) is 53.9 Å². The number of carbonyl (C=O) groups is 3. The van der Waals surface area contributed by atoms with Crippen molar-refractivity contribution in [1.82, 2.24) is 4.72 Å². The van der Waals surface area contributed by atoms with Crippen LogP contribution in [0.1, 0.15) is 21.5 Å². The summed E-state index contributed by atoms with van der Waals surface area (Å²) in [4.78, 5) is 34.5. The molecule has 0 radical (unpaired) electrons. The quantitative estimate of drug-likeness (QED) is 0.508. The fourth-order valence-electron chi connectivity index (χ4n) is 2.17. The molecule has 2 rings (SSSR count). The molecule has 0 aromatic heterocycles. The molecule has 0 bridgehead atoms. The number of benzene rings is 2. The molecule has 0 spiro atoms. The third kappa shape index (κ3) is 7.86. The van der Waals surface area contributed by atoms with Crippen LogP contribution in [0.25, 0.3) is 6.08 Å². The number of carbonyl (C=O) groups excluding carboxylic acids is 3. The summed E-state index contributed by atoms with van der Waals surface area (Å²) in [5.74, 6) is -2.14. The first-order valence-electron chi connectivity index (χ1n) is 8.74. The van der Waals surface area contributed by atoms with Crippen molar-refractivity contribution < 1.29 is 27.5 Å². The second-order valence-corrected chi connectivity index (χ2v) is 7.88. The predicted molar refractivity (Wildman–Crippen MR) is 112 cm³/mol. The molecule has 9 nitrogen and oxygen atoms in total. The molecule has 0 aliphatic heterocycles. The first-order chi connectivity index (χ1) is 14.1.